The van der Waals surface area contributed by atoms with Crippen LogP contribution in [0.2, 0.25) is 0 Å². The summed E-state index contributed by atoms with van der Waals surface area (Å²) >= 11 is 0. The van der Waals surface area contributed by atoms with Crippen LogP contribution in [0.25, 0.3) is 0 Å². The zero-order valence-corrected chi connectivity index (χ0v) is 11.1. The van der Waals surface area contributed by atoms with E-state index in [0.29, 0.717) is 0 Å². The third-order valence-electron chi connectivity index (χ3n) is 2.26. The van der Waals surface area contributed by atoms with E-state index in [9.17, 15) is 24.1 Å². The zero-order valence-electron chi connectivity index (χ0n) is 9.23. The van der Waals surface area contributed by atoms with Gasteiger partial charge in [0.15, 0.2) is 6.29 Å². The first kappa shape index (κ1) is 28.9. The summed E-state index contributed by atoms with van der Waals surface area (Å²) in [6.07, 6.45) is -7.67. The van der Waals surface area contributed by atoms with Crippen molar-refractivity contribution >= 4 is 125 Å². The van der Waals surface area contributed by atoms with Gasteiger partial charge in [-0.05, 0) is 0 Å². The van der Waals surface area contributed by atoms with E-state index < -0.39 is 46.1 Å². The molecule has 11 nitrogen and oxygen atoms in total. The number of aliphatic hydroxyl groups excluding tert-OH is 4. The van der Waals surface area contributed by atoms with Gasteiger partial charge in [-0.3, -0.25) is 13.7 Å². The number of carbonyl (C=O) groups is 1. The van der Waals surface area contributed by atoms with E-state index in [2.05, 4.69) is 4.52 Å². The summed E-state index contributed by atoms with van der Waals surface area (Å²) < 4.78 is 25.8. The SMILES string of the molecule is O=C[C@H](O)[C@@H](O)[C@H](O)[C@](CO)(O[PH](=O)O)P(=O)(O)O.[KH].[KH]. The summed E-state index contributed by atoms with van der Waals surface area (Å²) in [6, 6.07) is 0. The van der Waals surface area contributed by atoms with Crippen LogP contribution in [-0.4, -0.2) is 174 Å². The molecule has 0 aromatic carbocycles. The van der Waals surface area contributed by atoms with Crippen LogP contribution >= 0.6 is 15.9 Å². The molecule has 21 heavy (non-hydrogen) atoms. The van der Waals surface area contributed by atoms with Gasteiger partial charge in [0.25, 0.3) is 0 Å². The summed E-state index contributed by atoms with van der Waals surface area (Å²) in [5.74, 6) is 0. The molecule has 0 fully saturated rings. The maximum absolute atomic E-state index is 11.2. The molecule has 0 rings (SSSR count). The molecule has 0 aliphatic rings. The van der Waals surface area contributed by atoms with E-state index in [0.717, 1.165) is 0 Å². The monoisotopic (exact) mass is 404 g/mol. The Kier molecular flexibility index (Phi) is 17.1. The molecule has 0 bridgehead atoms. The fraction of sp³-hybridized carbons (Fsp3) is 0.833. The fourth-order valence-corrected chi connectivity index (χ4v) is 3.07. The van der Waals surface area contributed by atoms with Gasteiger partial charge in [-0.1, -0.05) is 0 Å². The summed E-state index contributed by atoms with van der Waals surface area (Å²) in [5, 5.41) is 33.4. The van der Waals surface area contributed by atoms with Crippen molar-refractivity contribution in [2.24, 2.45) is 0 Å². The fourth-order valence-electron chi connectivity index (χ4n) is 1.20. The van der Waals surface area contributed by atoms with Crippen molar-refractivity contribution in [2.45, 2.75) is 23.7 Å². The molecule has 0 saturated carbocycles. The van der Waals surface area contributed by atoms with E-state index in [-0.39, 0.29) is 109 Å². The van der Waals surface area contributed by atoms with E-state index in [4.69, 9.17) is 24.9 Å². The second kappa shape index (κ2) is 12.4. The van der Waals surface area contributed by atoms with Crippen LogP contribution in [0.4, 0.5) is 0 Å². The molecule has 0 aliphatic carbocycles. The molecular weight excluding hydrogens is 388 g/mol. The Hall–Kier alpha value is 3.08. The predicted molar refractivity (Wildman–Crippen MR) is 72.5 cm³/mol. The van der Waals surface area contributed by atoms with Crippen molar-refractivity contribution in [2.75, 3.05) is 6.61 Å². The average molecular weight is 404 g/mol. The first-order chi connectivity index (χ1) is 8.53. The van der Waals surface area contributed by atoms with Crippen molar-refractivity contribution < 1.29 is 53.6 Å². The molecule has 0 saturated heterocycles. The molecule has 0 spiro atoms. The molecule has 0 heterocycles. The van der Waals surface area contributed by atoms with E-state index >= 15 is 0 Å². The number of carbonyl (C=O) groups excluding carboxylic acids is 1. The molecular formula is C6H16K2O11P2. The number of hydrogen-bond acceptors (Lipinski definition) is 8. The van der Waals surface area contributed by atoms with Gasteiger partial charge in [-0.2, -0.15) is 0 Å². The molecule has 0 radical (unpaired) electrons. The second-order valence-electron chi connectivity index (χ2n) is 3.48. The molecule has 0 aromatic rings. The molecule has 0 aromatic heterocycles. The second-order valence-corrected chi connectivity index (χ2v) is 6.06. The molecule has 7 N–H and O–H groups in total. The molecule has 118 valence electrons. The Morgan fingerprint density at radius 1 is 1.24 bits per heavy atom. The Bertz CT molecular complexity index is 389. The van der Waals surface area contributed by atoms with Gasteiger partial charge in [0.05, 0.1) is 6.61 Å². The van der Waals surface area contributed by atoms with Gasteiger partial charge in [0, 0.05) is 0 Å². The summed E-state index contributed by atoms with van der Waals surface area (Å²) in [7, 11) is -9.60. The Balaban J connectivity index is -0.00000162. The van der Waals surface area contributed by atoms with Crippen molar-refractivity contribution in [3.05, 3.63) is 0 Å². The Labute approximate surface area is 205 Å². The summed E-state index contributed by atoms with van der Waals surface area (Å²) in [4.78, 5) is 36.8. The van der Waals surface area contributed by atoms with Gasteiger partial charge < -0.3 is 39.9 Å². The van der Waals surface area contributed by atoms with Gasteiger partial charge in [0.1, 0.15) is 18.3 Å². The predicted octanol–water partition coefficient (Wildman–Crippen LogP) is -4.76. The van der Waals surface area contributed by atoms with Crippen LogP contribution in [0.3, 0.4) is 0 Å². The van der Waals surface area contributed by atoms with Crippen LogP contribution < -0.4 is 0 Å². The summed E-state index contributed by atoms with van der Waals surface area (Å²) in [6.45, 7) is -1.65. The molecule has 15 heteroatoms. The molecule has 0 amide bonds. The minimum atomic E-state index is -5.56. The van der Waals surface area contributed by atoms with Crippen LogP contribution in [0.15, 0.2) is 0 Å². The quantitative estimate of drug-likeness (QED) is 0.116. The standard InChI is InChI=1S/C6H14O11P2.2K.2H/c7-1-3(9)4(10)5(11)6(2-8,17-18(12)13)19(14,15)16;;;;/h1,3-5,8-11,18H,2H2,(H,12,13)(H2,14,15,16);;;;/t3-,4+,5-,6+;;;;/m0..../s1. The maximum atomic E-state index is 11.2. The van der Waals surface area contributed by atoms with Crippen LogP contribution in [0, 0.1) is 0 Å². The Morgan fingerprint density at radius 2 is 1.67 bits per heavy atom. The number of hydrogen-bond donors (Lipinski definition) is 7. The van der Waals surface area contributed by atoms with Gasteiger partial charge in [-0.25, -0.2) is 0 Å². The Morgan fingerprint density at radius 3 is 1.90 bits per heavy atom. The van der Waals surface area contributed by atoms with E-state index in [1.165, 1.54) is 0 Å². The van der Waals surface area contributed by atoms with Crippen molar-refractivity contribution in [1.29, 1.82) is 0 Å². The first-order valence-corrected chi connectivity index (χ1v) is 7.49. The van der Waals surface area contributed by atoms with Gasteiger partial charge in [0.2, 0.25) is 5.34 Å². The van der Waals surface area contributed by atoms with E-state index in [1.54, 1.807) is 0 Å². The first-order valence-electron chi connectivity index (χ1n) is 4.61. The number of rotatable bonds is 8. The molecule has 1 unspecified atom stereocenters. The topological polar surface area (TPSA) is 202 Å². The number of aliphatic hydroxyl groups is 4. The third kappa shape index (κ3) is 7.88. The average Bonchev–Trinajstić information content (AvgIpc) is 2.31. The molecule has 5 atom stereocenters. The van der Waals surface area contributed by atoms with Crippen molar-refractivity contribution in [3.8, 4) is 0 Å². The van der Waals surface area contributed by atoms with E-state index in [1.807, 2.05) is 0 Å². The minimum absolute atomic E-state index is 0. The third-order valence-corrected chi connectivity index (χ3v) is 4.45. The van der Waals surface area contributed by atoms with Gasteiger partial charge >= 0.3 is 119 Å². The van der Waals surface area contributed by atoms with Crippen LogP contribution in [0.1, 0.15) is 0 Å². The van der Waals surface area contributed by atoms with Crippen molar-refractivity contribution in [1.82, 2.24) is 0 Å². The zero-order chi connectivity index (χ0) is 15.4. The normalized spacial score (nSPS) is 20.0. The van der Waals surface area contributed by atoms with Crippen LogP contribution in [-0.2, 0) is 18.4 Å². The number of aldehydes is 1. The van der Waals surface area contributed by atoms with Gasteiger partial charge in [-0.15, -0.1) is 0 Å². The molecule has 0 aliphatic heterocycles. The summed E-state index contributed by atoms with van der Waals surface area (Å²) in [5.41, 5.74) is 0. The van der Waals surface area contributed by atoms with Crippen molar-refractivity contribution in [3.63, 3.8) is 0 Å². The van der Waals surface area contributed by atoms with Crippen LogP contribution in [0.5, 0.6) is 0 Å².